The van der Waals surface area contributed by atoms with E-state index in [0.29, 0.717) is 18.7 Å². The highest BCUT2D eigenvalue weighted by molar-refractivity contribution is 5.94. The Kier molecular flexibility index (Phi) is 4.78. The third kappa shape index (κ3) is 3.79. The van der Waals surface area contributed by atoms with Crippen LogP contribution in [0.4, 0.5) is 0 Å². The minimum atomic E-state index is -0.0893. The summed E-state index contributed by atoms with van der Waals surface area (Å²) in [5.41, 5.74) is 2.48. The van der Waals surface area contributed by atoms with E-state index >= 15 is 0 Å². The van der Waals surface area contributed by atoms with Gasteiger partial charge in [0, 0.05) is 55.3 Å². The van der Waals surface area contributed by atoms with Crippen molar-refractivity contribution in [2.75, 3.05) is 6.54 Å². The molecule has 0 unspecified atom stereocenters. The summed E-state index contributed by atoms with van der Waals surface area (Å²) in [5, 5.41) is 2.96. The maximum absolute atomic E-state index is 12.4. The highest BCUT2D eigenvalue weighted by Crippen LogP contribution is 2.13. The fraction of sp³-hybridized carbons (Fsp3) is 0.0952. The van der Waals surface area contributed by atoms with Crippen molar-refractivity contribution in [3.05, 3.63) is 91.1 Å². The van der Waals surface area contributed by atoms with E-state index in [1.165, 1.54) is 0 Å². The van der Waals surface area contributed by atoms with Gasteiger partial charge in [0.05, 0.1) is 0 Å². The molecule has 4 aromatic rings. The number of hydrogen-bond acceptors (Lipinski definition) is 3. The molecule has 6 nitrogen and oxygen atoms in total. The van der Waals surface area contributed by atoms with E-state index in [0.717, 1.165) is 17.2 Å². The van der Waals surface area contributed by atoms with Crippen molar-refractivity contribution < 1.29 is 4.79 Å². The van der Waals surface area contributed by atoms with Gasteiger partial charge in [0.1, 0.15) is 5.69 Å². The van der Waals surface area contributed by atoms with Crippen LogP contribution in [-0.2, 0) is 6.54 Å². The summed E-state index contributed by atoms with van der Waals surface area (Å²) in [5.74, 6) is 0.703. The van der Waals surface area contributed by atoms with Crippen LogP contribution in [-0.4, -0.2) is 31.6 Å². The van der Waals surface area contributed by atoms with Crippen molar-refractivity contribution in [3.8, 4) is 17.2 Å². The Balaban J connectivity index is 1.36. The second kappa shape index (κ2) is 7.70. The first-order valence-corrected chi connectivity index (χ1v) is 8.75. The van der Waals surface area contributed by atoms with Crippen LogP contribution in [0.3, 0.4) is 0 Å². The van der Waals surface area contributed by atoms with Crippen molar-refractivity contribution >= 4 is 5.91 Å². The molecule has 0 aliphatic rings. The number of nitrogens with one attached hydrogen (secondary N) is 1. The standard InChI is InChI=1S/C21H19N5O/c27-21(17-6-8-18(9-7-17)25-13-3-4-14-25)24-12-16-26-15-11-23-20(26)19-5-1-2-10-22-19/h1-11,13-15H,12,16H2,(H,24,27). The van der Waals surface area contributed by atoms with Gasteiger partial charge in [-0.1, -0.05) is 6.07 Å². The van der Waals surface area contributed by atoms with Gasteiger partial charge >= 0.3 is 0 Å². The van der Waals surface area contributed by atoms with Crippen LogP contribution in [0.25, 0.3) is 17.2 Å². The molecule has 6 heteroatoms. The molecule has 0 aliphatic carbocycles. The van der Waals surface area contributed by atoms with E-state index in [1.807, 2.05) is 82.3 Å². The zero-order valence-electron chi connectivity index (χ0n) is 14.7. The lowest BCUT2D eigenvalue weighted by Crippen LogP contribution is -2.27. The highest BCUT2D eigenvalue weighted by Gasteiger charge is 2.08. The lowest BCUT2D eigenvalue weighted by atomic mass is 10.2. The van der Waals surface area contributed by atoms with E-state index in [2.05, 4.69) is 15.3 Å². The minimum absolute atomic E-state index is 0.0893. The summed E-state index contributed by atoms with van der Waals surface area (Å²) in [6.45, 7) is 1.13. The third-order valence-corrected chi connectivity index (χ3v) is 4.28. The molecule has 4 rings (SSSR count). The Morgan fingerprint density at radius 3 is 2.44 bits per heavy atom. The summed E-state index contributed by atoms with van der Waals surface area (Å²) in [4.78, 5) is 21.1. The Morgan fingerprint density at radius 1 is 0.889 bits per heavy atom. The molecule has 1 amide bonds. The van der Waals surface area contributed by atoms with Crippen LogP contribution in [0.2, 0.25) is 0 Å². The number of carbonyl (C=O) groups excluding carboxylic acids is 1. The van der Waals surface area contributed by atoms with E-state index in [1.54, 1.807) is 12.4 Å². The first-order chi connectivity index (χ1) is 13.3. The van der Waals surface area contributed by atoms with Crippen LogP contribution in [0.1, 0.15) is 10.4 Å². The van der Waals surface area contributed by atoms with Gasteiger partial charge in [-0.3, -0.25) is 9.78 Å². The Hall–Kier alpha value is -3.67. The van der Waals surface area contributed by atoms with Crippen molar-refractivity contribution in [1.82, 2.24) is 24.4 Å². The Morgan fingerprint density at radius 2 is 1.70 bits per heavy atom. The van der Waals surface area contributed by atoms with Gasteiger partial charge in [-0.2, -0.15) is 0 Å². The SMILES string of the molecule is O=C(NCCn1ccnc1-c1ccccn1)c1ccc(-n2cccc2)cc1. The zero-order chi connectivity index (χ0) is 18.5. The largest absolute Gasteiger partial charge is 0.350 e. The monoisotopic (exact) mass is 357 g/mol. The predicted octanol–water partition coefficient (Wildman–Crippen LogP) is 3.17. The first kappa shape index (κ1) is 16.8. The number of imidazole rings is 1. The smallest absolute Gasteiger partial charge is 0.251 e. The van der Waals surface area contributed by atoms with Crippen molar-refractivity contribution in [3.63, 3.8) is 0 Å². The van der Waals surface area contributed by atoms with Crippen molar-refractivity contribution in [2.24, 2.45) is 0 Å². The summed E-state index contributed by atoms with van der Waals surface area (Å²) in [7, 11) is 0. The molecular formula is C21H19N5O. The third-order valence-electron chi connectivity index (χ3n) is 4.28. The predicted molar refractivity (Wildman–Crippen MR) is 104 cm³/mol. The Labute approximate surface area is 157 Å². The second-order valence-corrected chi connectivity index (χ2v) is 6.05. The maximum Gasteiger partial charge on any atom is 0.251 e. The second-order valence-electron chi connectivity index (χ2n) is 6.05. The molecule has 0 saturated carbocycles. The summed E-state index contributed by atoms with van der Waals surface area (Å²) >= 11 is 0. The summed E-state index contributed by atoms with van der Waals surface area (Å²) in [6, 6.07) is 17.2. The maximum atomic E-state index is 12.4. The molecule has 0 saturated heterocycles. The average Bonchev–Trinajstić information content (AvgIpc) is 3.41. The number of benzene rings is 1. The number of nitrogens with zero attached hydrogens (tertiary/aromatic N) is 4. The molecular weight excluding hydrogens is 338 g/mol. The quantitative estimate of drug-likeness (QED) is 0.576. The number of amides is 1. The van der Waals surface area contributed by atoms with E-state index in [4.69, 9.17) is 0 Å². The number of aromatic nitrogens is 4. The fourth-order valence-electron chi connectivity index (χ4n) is 2.90. The lowest BCUT2D eigenvalue weighted by molar-refractivity contribution is 0.0952. The van der Waals surface area contributed by atoms with Crippen LogP contribution >= 0.6 is 0 Å². The highest BCUT2D eigenvalue weighted by atomic mass is 16.1. The molecule has 0 atom stereocenters. The molecule has 27 heavy (non-hydrogen) atoms. The zero-order valence-corrected chi connectivity index (χ0v) is 14.7. The molecule has 0 bridgehead atoms. The molecule has 0 fully saturated rings. The molecule has 0 radical (unpaired) electrons. The molecule has 1 N–H and O–H groups in total. The molecule has 134 valence electrons. The van der Waals surface area contributed by atoms with Crippen molar-refractivity contribution in [2.45, 2.75) is 6.54 Å². The number of carbonyl (C=O) groups is 1. The van der Waals surface area contributed by atoms with E-state index in [9.17, 15) is 4.79 Å². The topological polar surface area (TPSA) is 64.7 Å². The van der Waals surface area contributed by atoms with Gasteiger partial charge in [-0.15, -0.1) is 0 Å². The van der Waals surface area contributed by atoms with E-state index in [-0.39, 0.29) is 5.91 Å². The van der Waals surface area contributed by atoms with Gasteiger partial charge in [0.15, 0.2) is 5.82 Å². The fourth-order valence-corrected chi connectivity index (χ4v) is 2.90. The molecule has 1 aromatic carbocycles. The van der Waals surface area contributed by atoms with Crippen LogP contribution < -0.4 is 5.32 Å². The molecule has 0 aliphatic heterocycles. The number of pyridine rings is 1. The normalized spacial score (nSPS) is 10.7. The Bertz CT molecular complexity index is 1000. The average molecular weight is 357 g/mol. The summed E-state index contributed by atoms with van der Waals surface area (Å²) in [6.07, 6.45) is 9.32. The van der Waals surface area contributed by atoms with Crippen molar-refractivity contribution in [1.29, 1.82) is 0 Å². The number of hydrogen-bond donors (Lipinski definition) is 1. The van der Waals surface area contributed by atoms with E-state index < -0.39 is 0 Å². The summed E-state index contributed by atoms with van der Waals surface area (Å²) < 4.78 is 3.98. The van der Waals surface area contributed by atoms with Gasteiger partial charge in [-0.05, 0) is 48.5 Å². The van der Waals surface area contributed by atoms with Crippen LogP contribution in [0, 0.1) is 0 Å². The molecule has 3 aromatic heterocycles. The molecule has 3 heterocycles. The van der Waals surface area contributed by atoms with Gasteiger partial charge < -0.3 is 14.5 Å². The molecule has 0 spiro atoms. The van der Waals surface area contributed by atoms with Crippen LogP contribution in [0.5, 0.6) is 0 Å². The lowest BCUT2D eigenvalue weighted by Gasteiger charge is -2.09. The van der Waals surface area contributed by atoms with Gasteiger partial charge in [0.25, 0.3) is 5.91 Å². The number of rotatable bonds is 6. The first-order valence-electron chi connectivity index (χ1n) is 8.75. The van der Waals surface area contributed by atoms with Gasteiger partial charge in [-0.25, -0.2) is 4.98 Å². The van der Waals surface area contributed by atoms with Crippen LogP contribution in [0.15, 0.2) is 85.6 Å². The minimum Gasteiger partial charge on any atom is -0.350 e. The van der Waals surface area contributed by atoms with Gasteiger partial charge in [0.2, 0.25) is 0 Å².